The number of nitrogens with zero attached hydrogens (tertiary/aromatic N) is 1. The smallest absolute Gasteiger partial charge is 0.335 e. The third kappa shape index (κ3) is 3.01. The number of carboxylic acids is 1. The molecule has 0 aromatic heterocycles. The molecule has 1 aromatic carbocycles. The highest BCUT2D eigenvalue weighted by Crippen LogP contribution is 2.24. The van der Waals surface area contributed by atoms with Gasteiger partial charge in [-0.3, -0.25) is 0 Å². The van der Waals surface area contributed by atoms with Gasteiger partial charge in [-0.15, -0.1) is 0 Å². The number of aliphatic hydroxyl groups is 2. The van der Waals surface area contributed by atoms with Gasteiger partial charge in [-0.05, 0) is 18.2 Å². The first-order valence-electron chi connectivity index (χ1n) is 5.83. The van der Waals surface area contributed by atoms with Gasteiger partial charge in [0.1, 0.15) is 0 Å². The Balaban J connectivity index is 2.07. The number of β-amino-alcohol motifs (C(OH)–C–C–N with tert-alkyl or cyclic N) is 2. The molecule has 1 aliphatic rings. The Kier molecular flexibility index (Phi) is 4.12. The summed E-state index contributed by atoms with van der Waals surface area (Å²) in [7, 11) is 0. The van der Waals surface area contributed by atoms with Crippen molar-refractivity contribution >= 4 is 29.3 Å². The lowest BCUT2D eigenvalue weighted by Crippen LogP contribution is -2.34. The van der Waals surface area contributed by atoms with Gasteiger partial charge >= 0.3 is 12.0 Å². The van der Waals surface area contributed by atoms with Gasteiger partial charge < -0.3 is 25.5 Å². The minimum atomic E-state index is -1.12. The molecule has 2 unspecified atom stereocenters. The number of hydrogen-bond donors (Lipinski definition) is 4. The average molecular weight is 301 g/mol. The van der Waals surface area contributed by atoms with Crippen molar-refractivity contribution in [1.82, 2.24) is 4.90 Å². The second-order valence-electron chi connectivity index (χ2n) is 4.47. The number of halogens is 1. The summed E-state index contributed by atoms with van der Waals surface area (Å²) in [4.78, 5) is 23.9. The molecule has 0 spiro atoms. The molecular formula is C12H13ClN2O5. The Morgan fingerprint density at radius 2 is 1.85 bits per heavy atom. The number of urea groups is 1. The Labute approximate surface area is 119 Å². The first-order chi connectivity index (χ1) is 9.38. The highest BCUT2D eigenvalue weighted by atomic mass is 35.5. The van der Waals surface area contributed by atoms with Gasteiger partial charge in [0.2, 0.25) is 0 Å². The van der Waals surface area contributed by atoms with E-state index in [2.05, 4.69) is 5.32 Å². The average Bonchev–Trinajstić information content (AvgIpc) is 2.72. The summed E-state index contributed by atoms with van der Waals surface area (Å²) < 4.78 is 0. The molecule has 1 fully saturated rings. The summed E-state index contributed by atoms with van der Waals surface area (Å²) in [6.07, 6.45) is -1.93. The number of anilines is 1. The van der Waals surface area contributed by atoms with E-state index >= 15 is 0 Å². The molecule has 20 heavy (non-hydrogen) atoms. The summed E-state index contributed by atoms with van der Waals surface area (Å²) >= 11 is 5.89. The van der Waals surface area contributed by atoms with Crippen molar-refractivity contribution in [3.63, 3.8) is 0 Å². The van der Waals surface area contributed by atoms with E-state index in [0.717, 1.165) is 0 Å². The third-order valence-corrected chi connectivity index (χ3v) is 3.32. The SMILES string of the molecule is O=C(O)c1ccc(NC(=O)N2CC(O)C(O)C2)c(Cl)c1. The van der Waals surface area contributed by atoms with Crippen molar-refractivity contribution < 1.29 is 24.9 Å². The Morgan fingerprint density at radius 1 is 1.25 bits per heavy atom. The van der Waals surface area contributed by atoms with Crippen molar-refractivity contribution in [2.45, 2.75) is 12.2 Å². The van der Waals surface area contributed by atoms with Gasteiger partial charge in [-0.2, -0.15) is 0 Å². The number of aliphatic hydroxyl groups excluding tert-OH is 2. The van der Waals surface area contributed by atoms with E-state index in [1.165, 1.54) is 23.1 Å². The van der Waals surface area contributed by atoms with Crippen LogP contribution in [0, 0.1) is 0 Å². The van der Waals surface area contributed by atoms with Crippen molar-refractivity contribution in [3.8, 4) is 0 Å². The van der Waals surface area contributed by atoms with Crippen LogP contribution in [0.25, 0.3) is 0 Å². The molecule has 0 aliphatic carbocycles. The predicted octanol–water partition coefficient (Wildman–Crippen LogP) is 0.607. The van der Waals surface area contributed by atoms with Crippen LogP contribution in [-0.2, 0) is 0 Å². The maximum absolute atomic E-state index is 11.9. The van der Waals surface area contributed by atoms with Crippen molar-refractivity contribution in [2.24, 2.45) is 0 Å². The topological polar surface area (TPSA) is 110 Å². The van der Waals surface area contributed by atoms with Crippen molar-refractivity contribution in [2.75, 3.05) is 18.4 Å². The van der Waals surface area contributed by atoms with Gasteiger partial charge in [-0.25, -0.2) is 9.59 Å². The number of rotatable bonds is 2. The van der Waals surface area contributed by atoms with E-state index in [4.69, 9.17) is 16.7 Å². The van der Waals surface area contributed by atoms with Crippen LogP contribution < -0.4 is 5.32 Å². The number of carboxylic acid groups (broad SMARTS) is 1. The summed E-state index contributed by atoms with van der Waals surface area (Å²) in [5.74, 6) is -1.12. The van der Waals surface area contributed by atoms with Crippen LogP contribution in [-0.4, -0.2) is 57.5 Å². The highest BCUT2D eigenvalue weighted by molar-refractivity contribution is 6.34. The molecule has 0 saturated carbocycles. The lowest BCUT2D eigenvalue weighted by atomic mass is 10.2. The van der Waals surface area contributed by atoms with Crippen LogP contribution in [0.3, 0.4) is 0 Å². The summed E-state index contributed by atoms with van der Waals surface area (Å²) in [6, 6.07) is 3.41. The van der Waals surface area contributed by atoms with E-state index in [0.29, 0.717) is 0 Å². The molecule has 1 saturated heterocycles. The van der Waals surface area contributed by atoms with Crippen molar-refractivity contribution in [1.29, 1.82) is 0 Å². The van der Waals surface area contributed by atoms with Gasteiger partial charge in [0, 0.05) is 0 Å². The van der Waals surface area contributed by atoms with E-state index in [-0.39, 0.29) is 29.4 Å². The molecule has 2 amide bonds. The number of benzene rings is 1. The summed E-state index contributed by atoms with van der Waals surface area (Å²) in [6.45, 7) is 0.0512. The Morgan fingerprint density at radius 3 is 2.35 bits per heavy atom. The number of likely N-dealkylation sites (tertiary alicyclic amines) is 1. The van der Waals surface area contributed by atoms with Crippen LogP contribution in [0.15, 0.2) is 18.2 Å². The number of amides is 2. The van der Waals surface area contributed by atoms with Crippen LogP contribution in [0.1, 0.15) is 10.4 Å². The van der Waals surface area contributed by atoms with Crippen LogP contribution in [0.4, 0.5) is 10.5 Å². The normalized spacial score (nSPS) is 21.9. The zero-order valence-corrected chi connectivity index (χ0v) is 11.0. The molecule has 0 radical (unpaired) electrons. The first-order valence-corrected chi connectivity index (χ1v) is 6.21. The lowest BCUT2D eigenvalue weighted by Gasteiger charge is -2.17. The fourth-order valence-corrected chi connectivity index (χ4v) is 2.11. The molecule has 1 heterocycles. The van der Waals surface area contributed by atoms with Crippen LogP contribution in [0.2, 0.25) is 5.02 Å². The minimum Gasteiger partial charge on any atom is -0.478 e. The zero-order chi connectivity index (χ0) is 14.9. The van der Waals surface area contributed by atoms with Gasteiger partial charge in [0.15, 0.2) is 0 Å². The molecule has 7 nitrogen and oxygen atoms in total. The maximum atomic E-state index is 11.9. The monoisotopic (exact) mass is 300 g/mol. The molecule has 1 aliphatic heterocycles. The molecule has 4 N–H and O–H groups in total. The second kappa shape index (κ2) is 5.66. The number of nitrogens with one attached hydrogen (secondary N) is 1. The fraction of sp³-hybridized carbons (Fsp3) is 0.333. The third-order valence-electron chi connectivity index (χ3n) is 3.00. The van der Waals surface area contributed by atoms with Gasteiger partial charge in [0.25, 0.3) is 0 Å². The van der Waals surface area contributed by atoms with Crippen molar-refractivity contribution in [3.05, 3.63) is 28.8 Å². The molecular weight excluding hydrogens is 288 g/mol. The van der Waals surface area contributed by atoms with Crippen LogP contribution >= 0.6 is 11.6 Å². The van der Waals surface area contributed by atoms with E-state index in [9.17, 15) is 19.8 Å². The highest BCUT2D eigenvalue weighted by Gasteiger charge is 2.32. The maximum Gasteiger partial charge on any atom is 0.335 e. The fourth-order valence-electron chi connectivity index (χ4n) is 1.88. The summed E-state index contributed by atoms with van der Waals surface area (Å²) in [5, 5.41) is 30.1. The van der Waals surface area contributed by atoms with Gasteiger partial charge in [-0.1, -0.05) is 11.6 Å². The lowest BCUT2D eigenvalue weighted by molar-refractivity contribution is 0.0572. The molecule has 0 bridgehead atoms. The quantitative estimate of drug-likeness (QED) is 0.639. The van der Waals surface area contributed by atoms with Crippen LogP contribution in [0.5, 0.6) is 0 Å². The molecule has 108 valence electrons. The largest absolute Gasteiger partial charge is 0.478 e. The van der Waals surface area contributed by atoms with Gasteiger partial charge in [0.05, 0.1) is 41.6 Å². The standard InChI is InChI=1S/C12H13ClN2O5/c13-7-3-6(11(18)19)1-2-8(7)14-12(20)15-4-9(16)10(17)5-15/h1-3,9-10,16-17H,4-5H2,(H,14,20)(H,18,19). The first kappa shape index (κ1) is 14.6. The van der Waals surface area contributed by atoms with E-state index in [1.54, 1.807) is 0 Å². The number of carbonyl (C=O) groups is 2. The van der Waals surface area contributed by atoms with E-state index in [1.807, 2.05) is 0 Å². The van der Waals surface area contributed by atoms with E-state index < -0.39 is 24.2 Å². The molecule has 2 atom stereocenters. The molecule has 8 heteroatoms. The minimum absolute atomic E-state index is 0.0139. The number of carbonyl (C=O) groups excluding carboxylic acids is 1. The molecule has 1 aromatic rings. The number of aromatic carboxylic acids is 1. The predicted molar refractivity (Wildman–Crippen MR) is 71.0 cm³/mol. The molecule has 2 rings (SSSR count). The Bertz CT molecular complexity index is 541. The zero-order valence-electron chi connectivity index (χ0n) is 10.3. The summed E-state index contributed by atoms with van der Waals surface area (Å²) in [5.41, 5.74) is 0.276. The Hall–Kier alpha value is -1.83. The number of hydrogen-bond acceptors (Lipinski definition) is 4. The second-order valence-corrected chi connectivity index (χ2v) is 4.88.